The van der Waals surface area contributed by atoms with Gasteiger partial charge in [-0.1, -0.05) is 0 Å². The number of methoxy groups -OCH3 is 2. The van der Waals surface area contributed by atoms with Gasteiger partial charge in [-0.25, -0.2) is 4.98 Å². The Bertz CT molecular complexity index is 1560. The first kappa shape index (κ1) is 28.9. The predicted molar refractivity (Wildman–Crippen MR) is 146 cm³/mol. The molecule has 1 aliphatic rings. The summed E-state index contributed by atoms with van der Waals surface area (Å²) in [6.07, 6.45) is 0.671. The monoisotopic (exact) mass is 586 g/mol. The zero-order valence-electron chi connectivity index (χ0n) is 23.1. The molecule has 5 rings (SSSR count). The van der Waals surface area contributed by atoms with E-state index in [4.69, 9.17) is 18.9 Å². The molecule has 1 fully saturated rings. The highest BCUT2D eigenvalue weighted by molar-refractivity contribution is 6.04. The lowest BCUT2D eigenvalue weighted by molar-refractivity contribution is -0.153. The fourth-order valence-corrected chi connectivity index (χ4v) is 4.71. The fraction of sp³-hybridized carbons (Fsp3) is 0.357. The zero-order chi connectivity index (χ0) is 29.9. The first-order valence-electron chi connectivity index (χ1n) is 13.0. The van der Waals surface area contributed by atoms with E-state index in [-0.39, 0.29) is 23.2 Å². The van der Waals surface area contributed by atoms with E-state index in [9.17, 15) is 18.0 Å². The second kappa shape index (κ2) is 12.1. The summed E-state index contributed by atoms with van der Waals surface area (Å²) >= 11 is 0. The number of halogens is 3. The zero-order valence-corrected chi connectivity index (χ0v) is 23.1. The van der Waals surface area contributed by atoms with Crippen molar-refractivity contribution in [2.24, 2.45) is 5.92 Å². The third-order valence-corrected chi connectivity index (χ3v) is 6.68. The smallest absolute Gasteiger partial charge is 0.422 e. The van der Waals surface area contributed by atoms with E-state index in [1.165, 1.54) is 37.4 Å². The quantitative estimate of drug-likeness (QED) is 0.281. The molecule has 1 aromatic carbocycles. The van der Waals surface area contributed by atoms with Crippen molar-refractivity contribution in [2.45, 2.75) is 19.1 Å². The maximum Gasteiger partial charge on any atom is 0.422 e. The topological polar surface area (TPSA) is 113 Å². The highest BCUT2D eigenvalue weighted by Gasteiger charge is 2.31. The van der Waals surface area contributed by atoms with Crippen LogP contribution in [0.4, 0.5) is 19.0 Å². The Kier molecular flexibility index (Phi) is 8.34. The highest BCUT2D eigenvalue weighted by Crippen LogP contribution is 2.37. The normalized spacial score (nSPS) is 15.5. The Morgan fingerprint density at radius 3 is 2.52 bits per heavy atom. The third-order valence-electron chi connectivity index (χ3n) is 6.68. The van der Waals surface area contributed by atoms with Gasteiger partial charge in [-0.3, -0.25) is 14.5 Å². The molecule has 4 heterocycles. The van der Waals surface area contributed by atoms with Crippen molar-refractivity contribution in [1.82, 2.24) is 24.6 Å². The maximum atomic E-state index is 13.0. The van der Waals surface area contributed by atoms with Crippen LogP contribution in [0.2, 0.25) is 0 Å². The lowest BCUT2D eigenvalue weighted by Crippen LogP contribution is -2.21. The lowest BCUT2D eigenvalue weighted by atomic mass is 10.1. The van der Waals surface area contributed by atoms with Gasteiger partial charge in [0.1, 0.15) is 17.3 Å². The van der Waals surface area contributed by atoms with Crippen LogP contribution in [0.5, 0.6) is 28.7 Å². The van der Waals surface area contributed by atoms with E-state index in [0.29, 0.717) is 40.4 Å². The molecule has 1 N–H and O–H groups in total. The average molecular weight is 587 g/mol. The number of hydrogen-bond donors (Lipinski definition) is 1. The minimum Gasteiger partial charge on any atom is -0.493 e. The van der Waals surface area contributed by atoms with Gasteiger partial charge in [-0.05, 0) is 50.2 Å². The molecule has 4 aromatic rings. The van der Waals surface area contributed by atoms with Gasteiger partial charge < -0.3 is 29.2 Å². The van der Waals surface area contributed by atoms with E-state index >= 15 is 0 Å². The Morgan fingerprint density at radius 2 is 1.86 bits per heavy atom. The Morgan fingerprint density at radius 1 is 1.07 bits per heavy atom. The van der Waals surface area contributed by atoms with E-state index in [1.807, 2.05) is 7.05 Å². The van der Waals surface area contributed by atoms with E-state index in [1.54, 1.807) is 30.5 Å². The summed E-state index contributed by atoms with van der Waals surface area (Å²) in [4.78, 5) is 23.8. The standard InChI is InChI=1S/C28H29F3N6O5/c1-36-9-7-17(13-36)14-37-15-24(41-16-28(29,30)31)26(35-37)27(38)34-25-5-4-18(12-33-25)42-21-6-8-32-20-11-23(40-3)22(39-2)10-19(20)21/h4-6,8,10-12,15,17H,7,9,13-14,16H2,1-3H3,(H,33,34,38). The van der Waals surface area contributed by atoms with Crippen molar-refractivity contribution >= 4 is 22.6 Å². The SMILES string of the molecule is COc1cc2nccc(Oc3ccc(NC(=O)c4nn(CC5CCN(C)C5)cc4OCC(F)(F)F)nc3)c2cc1OC. The molecule has 1 aliphatic heterocycles. The molecule has 1 amide bonds. The van der Waals surface area contributed by atoms with Crippen molar-refractivity contribution in [3.63, 3.8) is 0 Å². The molecule has 0 aliphatic carbocycles. The summed E-state index contributed by atoms with van der Waals surface area (Å²) in [6, 6.07) is 8.26. The van der Waals surface area contributed by atoms with Gasteiger partial charge in [0.15, 0.2) is 29.5 Å². The highest BCUT2D eigenvalue weighted by atomic mass is 19.4. The van der Waals surface area contributed by atoms with Crippen LogP contribution in [0.25, 0.3) is 10.9 Å². The van der Waals surface area contributed by atoms with Crippen molar-refractivity contribution in [2.75, 3.05) is 46.3 Å². The first-order valence-corrected chi connectivity index (χ1v) is 13.0. The van der Waals surface area contributed by atoms with E-state index in [0.717, 1.165) is 19.5 Å². The van der Waals surface area contributed by atoms with Crippen LogP contribution in [0.15, 0.2) is 48.9 Å². The number of aromatic nitrogens is 4. The summed E-state index contributed by atoms with van der Waals surface area (Å²) in [7, 11) is 5.06. The molecular weight excluding hydrogens is 557 g/mol. The molecule has 0 bridgehead atoms. The molecule has 0 radical (unpaired) electrons. The second-order valence-corrected chi connectivity index (χ2v) is 9.85. The fourth-order valence-electron chi connectivity index (χ4n) is 4.71. The van der Waals surface area contributed by atoms with Crippen LogP contribution >= 0.6 is 0 Å². The number of benzene rings is 1. The molecule has 222 valence electrons. The summed E-state index contributed by atoms with van der Waals surface area (Å²) in [6.45, 7) is 0.655. The second-order valence-electron chi connectivity index (χ2n) is 9.85. The van der Waals surface area contributed by atoms with E-state index < -0.39 is 18.7 Å². The average Bonchev–Trinajstić information content (AvgIpc) is 3.57. The number of amides is 1. The van der Waals surface area contributed by atoms with Crippen LogP contribution in [0.3, 0.4) is 0 Å². The lowest BCUT2D eigenvalue weighted by Gasteiger charge is -2.12. The molecule has 0 saturated carbocycles. The summed E-state index contributed by atoms with van der Waals surface area (Å²) in [5.41, 5.74) is 0.366. The third kappa shape index (κ3) is 6.82. The van der Waals surface area contributed by atoms with Gasteiger partial charge in [-0.15, -0.1) is 0 Å². The number of ether oxygens (including phenoxy) is 4. The number of pyridine rings is 2. The predicted octanol–water partition coefficient (Wildman–Crippen LogP) is 4.78. The molecular formula is C28H29F3N6O5. The number of anilines is 1. The summed E-state index contributed by atoms with van der Waals surface area (Å²) < 4.78 is 61.7. The van der Waals surface area contributed by atoms with Crippen LogP contribution in [-0.4, -0.2) is 77.7 Å². The van der Waals surface area contributed by atoms with Crippen LogP contribution in [0.1, 0.15) is 16.9 Å². The molecule has 11 nitrogen and oxygen atoms in total. The number of nitrogens with one attached hydrogen (secondary N) is 1. The number of rotatable bonds is 10. The molecule has 1 atom stereocenters. The summed E-state index contributed by atoms with van der Waals surface area (Å²) in [5.74, 6) is 1.29. The maximum absolute atomic E-state index is 13.0. The van der Waals surface area contributed by atoms with E-state index in [2.05, 4.69) is 25.3 Å². The molecule has 14 heteroatoms. The van der Waals surface area contributed by atoms with Crippen LogP contribution in [-0.2, 0) is 6.54 Å². The Labute approximate surface area is 239 Å². The number of alkyl halides is 3. The van der Waals surface area contributed by atoms with Crippen molar-refractivity contribution in [3.8, 4) is 28.7 Å². The Hall–Kier alpha value is -4.59. The van der Waals surface area contributed by atoms with Gasteiger partial charge in [-0.2, -0.15) is 18.3 Å². The van der Waals surface area contributed by atoms with Gasteiger partial charge >= 0.3 is 6.18 Å². The van der Waals surface area contributed by atoms with Gasteiger partial charge in [0, 0.05) is 30.7 Å². The number of fused-ring (bicyclic) bond motifs is 1. The summed E-state index contributed by atoms with van der Waals surface area (Å²) in [5, 5.41) is 7.49. The van der Waals surface area contributed by atoms with Crippen molar-refractivity contribution < 1.29 is 36.9 Å². The number of carbonyl (C=O) groups is 1. The van der Waals surface area contributed by atoms with Crippen molar-refractivity contribution in [3.05, 3.63) is 54.6 Å². The molecule has 3 aromatic heterocycles. The molecule has 1 saturated heterocycles. The van der Waals surface area contributed by atoms with Gasteiger partial charge in [0.05, 0.1) is 32.1 Å². The first-order chi connectivity index (χ1) is 20.1. The van der Waals surface area contributed by atoms with Gasteiger partial charge in [0.25, 0.3) is 5.91 Å². The number of nitrogens with zero attached hydrogens (tertiary/aromatic N) is 5. The van der Waals surface area contributed by atoms with Gasteiger partial charge in [0.2, 0.25) is 0 Å². The minimum absolute atomic E-state index is 0.145. The minimum atomic E-state index is -4.57. The largest absolute Gasteiger partial charge is 0.493 e. The van der Waals surface area contributed by atoms with Crippen molar-refractivity contribution in [1.29, 1.82) is 0 Å². The van der Waals surface area contributed by atoms with Crippen LogP contribution < -0.4 is 24.3 Å². The number of carbonyl (C=O) groups excluding carboxylic acids is 1. The number of likely N-dealkylation sites (tertiary alicyclic amines) is 1. The molecule has 0 spiro atoms. The Balaban J connectivity index is 1.31. The van der Waals surface area contributed by atoms with Crippen LogP contribution in [0, 0.1) is 5.92 Å². The molecule has 1 unspecified atom stereocenters. The molecule has 42 heavy (non-hydrogen) atoms. The number of hydrogen-bond acceptors (Lipinski definition) is 9.